The van der Waals surface area contributed by atoms with E-state index in [0.29, 0.717) is 6.10 Å². The number of nitrogens with zero attached hydrogens (tertiary/aromatic N) is 2. The van der Waals surface area contributed by atoms with Crippen LogP contribution in [0.1, 0.15) is 56.7 Å². The Hall–Kier alpha value is -1.62. The largest absolute Gasteiger partial charge is 0.378 e. The van der Waals surface area contributed by atoms with Crippen molar-refractivity contribution in [3.63, 3.8) is 0 Å². The Labute approximate surface area is 152 Å². The van der Waals surface area contributed by atoms with Crippen LogP contribution in [0.4, 0.5) is 0 Å². The Balaban J connectivity index is 1.62. The quantitative estimate of drug-likeness (QED) is 0.409. The molecule has 1 heterocycles. The summed E-state index contributed by atoms with van der Waals surface area (Å²) < 4.78 is 5.96. The van der Waals surface area contributed by atoms with E-state index in [1.807, 2.05) is 13.1 Å². The lowest BCUT2D eigenvalue weighted by molar-refractivity contribution is 0.0281. The Kier molecular flexibility index (Phi) is 9.34. The van der Waals surface area contributed by atoms with Gasteiger partial charge in [0.1, 0.15) is 0 Å². The Morgan fingerprint density at radius 3 is 2.80 bits per heavy atom. The molecule has 0 amide bonds. The number of aromatic nitrogens is 1. The van der Waals surface area contributed by atoms with E-state index in [0.717, 1.165) is 50.7 Å². The van der Waals surface area contributed by atoms with E-state index in [2.05, 4.69) is 39.7 Å². The number of hydrogen-bond donors (Lipinski definition) is 2. The molecule has 0 bridgehead atoms. The molecule has 5 nitrogen and oxygen atoms in total. The summed E-state index contributed by atoms with van der Waals surface area (Å²) in [6, 6.07) is 4.19. The van der Waals surface area contributed by atoms with Gasteiger partial charge in [-0.25, -0.2) is 0 Å². The fourth-order valence-electron chi connectivity index (χ4n) is 3.05. The average molecular weight is 347 g/mol. The van der Waals surface area contributed by atoms with Crippen LogP contribution in [0.15, 0.2) is 23.3 Å². The minimum atomic E-state index is 0.493. The van der Waals surface area contributed by atoms with E-state index < -0.39 is 0 Å². The lowest BCUT2D eigenvalue weighted by Crippen LogP contribution is -2.38. The number of aryl methyl sites for hydroxylation is 1. The third-order valence-corrected chi connectivity index (χ3v) is 4.50. The predicted octanol–water partition coefficient (Wildman–Crippen LogP) is 3.23. The molecule has 0 radical (unpaired) electrons. The molecule has 1 aromatic rings. The standard InChI is InChI=1S/C20H34N4O/c1-3-21-20(23-14-12-18-11-10-17(2)24-16-18)22-13-7-15-25-19-8-5-4-6-9-19/h10-11,16,19H,3-9,12-15H2,1-2H3,(H2,21,22,23). The highest BCUT2D eigenvalue weighted by molar-refractivity contribution is 5.79. The van der Waals surface area contributed by atoms with Gasteiger partial charge in [0.15, 0.2) is 5.96 Å². The second-order valence-electron chi connectivity index (χ2n) is 6.73. The van der Waals surface area contributed by atoms with Gasteiger partial charge in [0.05, 0.1) is 6.10 Å². The molecule has 1 aliphatic carbocycles. The summed E-state index contributed by atoms with van der Waals surface area (Å²) >= 11 is 0. The number of nitrogens with one attached hydrogen (secondary N) is 2. The summed E-state index contributed by atoms with van der Waals surface area (Å²) in [4.78, 5) is 8.97. The summed E-state index contributed by atoms with van der Waals surface area (Å²) in [5.41, 5.74) is 2.30. The number of ether oxygens (including phenoxy) is 1. The van der Waals surface area contributed by atoms with Gasteiger partial charge in [-0.05, 0) is 51.2 Å². The first kappa shape index (κ1) is 19.7. The van der Waals surface area contributed by atoms with E-state index in [9.17, 15) is 0 Å². The lowest BCUT2D eigenvalue weighted by Gasteiger charge is -2.21. The maximum absolute atomic E-state index is 5.96. The maximum Gasteiger partial charge on any atom is 0.191 e. The van der Waals surface area contributed by atoms with Crippen molar-refractivity contribution in [3.8, 4) is 0 Å². The zero-order chi connectivity index (χ0) is 17.7. The van der Waals surface area contributed by atoms with Crippen molar-refractivity contribution in [1.82, 2.24) is 15.6 Å². The molecule has 0 spiro atoms. The molecular formula is C20H34N4O. The first-order chi connectivity index (χ1) is 12.3. The molecule has 1 fully saturated rings. The monoisotopic (exact) mass is 346 g/mol. The lowest BCUT2D eigenvalue weighted by atomic mass is 9.98. The second-order valence-corrected chi connectivity index (χ2v) is 6.73. The highest BCUT2D eigenvalue weighted by atomic mass is 16.5. The van der Waals surface area contributed by atoms with Crippen LogP contribution in [0.2, 0.25) is 0 Å². The predicted molar refractivity (Wildman–Crippen MR) is 104 cm³/mol. The normalized spacial score (nSPS) is 16.0. The van der Waals surface area contributed by atoms with Crippen LogP contribution in [0, 0.1) is 6.92 Å². The van der Waals surface area contributed by atoms with Gasteiger partial charge in [-0.1, -0.05) is 25.3 Å². The first-order valence-corrected chi connectivity index (χ1v) is 9.83. The topological polar surface area (TPSA) is 58.5 Å². The van der Waals surface area contributed by atoms with Crippen molar-refractivity contribution in [1.29, 1.82) is 0 Å². The van der Waals surface area contributed by atoms with Gasteiger partial charge in [0.25, 0.3) is 0 Å². The van der Waals surface area contributed by atoms with E-state index in [4.69, 9.17) is 4.74 Å². The zero-order valence-corrected chi connectivity index (χ0v) is 15.9. The average Bonchev–Trinajstić information content (AvgIpc) is 2.64. The zero-order valence-electron chi connectivity index (χ0n) is 15.9. The summed E-state index contributed by atoms with van der Waals surface area (Å²) in [5, 5.41) is 6.70. The molecule has 25 heavy (non-hydrogen) atoms. The van der Waals surface area contributed by atoms with Crippen LogP contribution in [-0.4, -0.2) is 43.3 Å². The SMILES string of the molecule is CCNC(=NCCCOC1CCCCC1)NCCc1ccc(C)nc1. The van der Waals surface area contributed by atoms with Crippen LogP contribution < -0.4 is 10.6 Å². The molecule has 1 aliphatic rings. The van der Waals surface area contributed by atoms with Crippen LogP contribution in [0.25, 0.3) is 0 Å². The minimum Gasteiger partial charge on any atom is -0.378 e. The molecule has 0 aromatic carbocycles. The number of aliphatic imine (C=N–C) groups is 1. The van der Waals surface area contributed by atoms with Crippen molar-refractivity contribution < 1.29 is 4.74 Å². The Morgan fingerprint density at radius 1 is 1.24 bits per heavy atom. The summed E-state index contributed by atoms with van der Waals surface area (Å²) in [5.74, 6) is 0.889. The van der Waals surface area contributed by atoms with Crippen molar-refractivity contribution in [3.05, 3.63) is 29.6 Å². The van der Waals surface area contributed by atoms with Crippen molar-refractivity contribution in [2.24, 2.45) is 4.99 Å². The summed E-state index contributed by atoms with van der Waals surface area (Å²) in [6.45, 7) is 7.45. The van der Waals surface area contributed by atoms with Crippen LogP contribution >= 0.6 is 0 Å². The van der Waals surface area contributed by atoms with Gasteiger partial charge < -0.3 is 15.4 Å². The van der Waals surface area contributed by atoms with Crippen molar-refractivity contribution in [2.45, 2.75) is 64.9 Å². The van der Waals surface area contributed by atoms with Crippen molar-refractivity contribution in [2.75, 3.05) is 26.2 Å². The maximum atomic E-state index is 5.96. The third kappa shape index (κ3) is 8.34. The van der Waals surface area contributed by atoms with Gasteiger partial charge in [-0.15, -0.1) is 0 Å². The third-order valence-electron chi connectivity index (χ3n) is 4.50. The molecule has 140 valence electrons. The number of guanidine groups is 1. The van der Waals surface area contributed by atoms with Gasteiger partial charge in [-0.2, -0.15) is 0 Å². The summed E-state index contributed by atoms with van der Waals surface area (Å²) in [6.07, 6.45) is 10.9. The molecule has 1 aromatic heterocycles. The van der Waals surface area contributed by atoms with E-state index in [1.165, 1.54) is 37.7 Å². The van der Waals surface area contributed by atoms with Crippen LogP contribution in [0.5, 0.6) is 0 Å². The molecule has 0 saturated heterocycles. The molecule has 2 rings (SSSR count). The smallest absolute Gasteiger partial charge is 0.191 e. The van der Waals surface area contributed by atoms with Gasteiger partial charge >= 0.3 is 0 Å². The van der Waals surface area contributed by atoms with E-state index in [-0.39, 0.29) is 0 Å². The molecule has 2 N–H and O–H groups in total. The Morgan fingerprint density at radius 2 is 2.08 bits per heavy atom. The number of pyridine rings is 1. The molecular weight excluding hydrogens is 312 g/mol. The molecule has 5 heteroatoms. The summed E-state index contributed by atoms with van der Waals surface area (Å²) in [7, 11) is 0. The Bertz CT molecular complexity index is 495. The fourth-order valence-corrected chi connectivity index (χ4v) is 3.05. The van der Waals surface area contributed by atoms with Gasteiger partial charge in [-0.3, -0.25) is 9.98 Å². The first-order valence-electron chi connectivity index (χ1n) is 9.83. The van der Waals surface area contributed by atoms with E-state index in [1.54, 1.807) is 0 Å². The molecule has 0 unspecified atom stereocenters. The highest BCUT2D eigenvalue weighted by Crippen LogP contribution is 2.20. The minimum absolute atomic E-state index is 0.493. The van der Waals surface area contributed by atoms with Gasteiger partial charge in [0.2, 0.25) is 0 Å². The fraction of sp³-hybridized carbons (Fsp3) is 0.700. The van der Waals surface area contributed by atoms with E-state index >= 15 is 0 Å². The highest BCUT2D eigenvalue weighted by Gasteiger charge is 2.12. The van der Waals surface area contributed by atoms with Crippen LogP contribution in [-0.2, 0) is 11.2 Å². The number of hydrogen-bond acceptors (Lipinski definition) is 3. The van der Waals surface area contributed by atoms with Crippen LogP contribution in [0.3, 0.4) is 0 Å². The van der Waals surface area contributed by atoms with Gasteiger partial charge in [0, 0.05) is 38.1 Å². The van der Waals surface area contributed by atoms with Crippen molar-refractivity contribution >= 4 is 5.96 Å². The molecule has 0 aliphatic heterocycles. The number of rotatable bonds is 9. The molecule has 0 atom stereocenters. The second kappa shape index (κ2) is 11.9. The molecule has 1 saturated carbocycles.